The van der Waals surface area contributed by atoms with Crippen molar-refractivity contribution in [3.8, 4) is 0 Å². The minimum atomic E-state index is -0.944. The Morgan fingerprint density at radius 2 is 1.95 bits per heavy atom. The largest absolute Gasteiger partial charge is 0.481 e. The normalized spacial score (nSPS) is 12.8. The van der Waals surface area contributed by atoms with E-state index in [2.05, 4.69) is 15.8 Å². The molecule has 7 nitrogen and oxygen atoms in total. The fraction of sp³-hybridized carbons (Fsp3) is 0.643. The molecule has 0 saturated carbocycles. The second kappa shape index (κ2) is 6.60. The van der Waals surface area contributed by atoms with Crippen molar-refractivity contribution in [2.45, 2.75) is 53.6 Å². The molecule has 0 bridgehead atoms. The summed E-state index contributed by atoms with van der Waals surface area (Å²) in [6.07, 6.45) is -0.123. The van der Waals surface area contributed by atoms with Crippen LogP contribution < -0.4 is 10.6 Å². The number of aliphatic carboxylic acids is 1. The number of carboxylic acids is 1. The maximum atomic E-state index is 11.9. The summed E-state index contributed by atoms with van der Waals surface area (Å²) < 4.78 is 5.02. The van der Waals surface area contributed by atoms with E-state index in [-0.39, 0.29) is 18.4 Å². The van der Waals surface area contributed by atoms with Crippen molar-refractivity contribution < 1.29 is 19.2 Å². The van der Waals surface area contributed by atoms with Gasteiger partial charge in [0, 0.05) is 18.2 Å². The quantitative estimate of drug-likeness (QED) is 0.770. The Morgan fingerprint density at radius 1 is 1.33 bits per heavy atom. The number of carboxylic acid groups (broad SMARTS) is 1. The van der Waals surface area contributed by atoms with Crippen molar-refractivity contribution in [2.75, 3.05) is 0 Å². The van der Waals surface area contributed by atoms with Crippen molar-refractivity contribution in [3.63, 3.8) is 0 Å². The minimum Gasteiger partial charge on any atom is -0.481 e. The number of aromatic nitrogens is 1. The molecule has 0 fully saturated rings. The predicted molar refractivity (Wildman–Crippen MR) is 76.8 cm³/mol. The summed E-state index contributed by atoms with van der Waals surface area (Å²) in [7, 11) is 0. The number of hydrogen-bond donors (Lipinski definition) is 3. The van der Waals surface area contributed by atoms with Gasteiger partial charge in [-0.15, -0.1) is 0 Å². The molecule has 118 valence electrons. The lowest BCUT2D eigenvalue weighted by Crippen LogP contribution is -2.48. The molecule has 0 radical (unpaired) electrons. The van der Waals surface area contributed by atoms with Gasteiger partial charge in [0.05, 0.1) is 12.1 Å². The third kappa shape index (κ3) is 5.09. The van der Waals surface area contributed by atoms with E-state index < -0.39 is 18.0 Å². The molecule has 1 unspecified atom stereocenters. The fourth-order valence-corrected chi connectivity index (χ4v) is 1.88. The van der Waals surface area contributed by atoms with E-state index in [4.69, 9.17) is 9.63 Å². The van der Waals surface area contributed by atoms with Crippen LogP contribution in [0.5, 0.6) is 0 Å². The Balaban J connectivity index is 2.60. The molecule has 7 heteroatoms. The van der Waals surface area contributed by atoms with E-state index in [1.54, 1.807) is 13.8 Å². The van der Waals surface area contributed by atoms with Crippen LogP contribution in [-0.2, 0) is 11.3 Å². The first-order valence-corrected chi connectivity index (χ1v) is 6.79. The van der Waals surface area contributed by atoms with Crippen LogP contribution in [0.2, 0.25) is 0 Å². The summed E-state index contributed by atoms with van der Waals surface area (Å²) in [6, 6.07) is -0.865. The number of aryl methyl sites for hydroxylation is 2. The maximum Gasteiger partial charge on any atom is 0.315 e. The highest BCUT2D eigenvalue weighted by Crippen LogP contribution is 2.21. The number of amides is 2. The van der Waals surface area contributed by atoms with Gasteiger partial charge in [-0.2, -0.15) is 0 Å². The summed E-state index contributed by atoms with van der Waals surface area (Å²) in [6.45, 7) is 9.52. The molecule has 1 heterocycles. The van der Waals surface area contributed by atoms with E-state index in [9.17, 15) is 9.59 Å². The molecule has 1 atom stereocenters. The SMILES string of the molecule is Cc1noc(C)c1CNC(=O)NC(CC(=O)O)C(C)(C)C. The number of carbonyl (C=O) groups excluding carboxylic acids is 1. The van der Waals surface area contributed by atoms with E-state index in [0.717, 1.165) is 11.3 Å². The van der Waals surface area contributed by atoms with Gasteiger partial charge in [-0.3, -0.25) is 4.79 Å². The predicted octanol–water partition coefficient (Wildman–Crippen LogP) is 1.98. The second-order valence-corrected chi connectivity index (χ2v) is 6.15. The topological polar surface area (TPSA) is 104 Å². The molecule has 2 amide bonds. The van der Waals surface area contributed by atoms with Gasteiger partial charge < -0.3 is 20.3 Å². The molecule has 0 aliphatic heterocycles. The Hall–Kier alpha value is -2.05. The molecular weight excluding hydrogens is 274 g/mol. The van der Waals surface area contributed by atoms with Crippen molar-refractivity contribution in [1.82, 2.24) is 15.8 Å². The van der Waals surface area contributed by atoms with Gasteiger partial charge in [-0.05, 0) is 19.3 Å². The molecule has 0 aliphatic carbocycles. The van der Waals surface area contributed by atoms with Gasteiger partial charge >= 0.3 is 12.0 Å². The smallest absolute Gasteiger partial charge is 0.315 e. The van der Waals surface area contributed by atoms with Gasteiger partial charge in [0.2, 0.25) is 0 Å². The summed E-state index contributed by atoms with van der Waals surface area (Å²) in [5.41, 5.74) is 1.21. The van der Waals surface area contributed by atoms with E-state index >= 15 is 0 Å². The molecule has 1 rings (SSSR count). The summed E-state index contributed by atoms with van der Waals surface area (Å²) in [4.78, 5) is 22.8. The molecule has 0 saturated heterocycles. The third-order valence-electron chi connectivity index (χ3n) is 3.34. The number of carbonyl (C=O) groups is 2. The van der Waals surface area contributed by atoms with Crippen LogP contribution >= 0.6 is 0 Å². The molecular formula is C14H23N3O4. The zero-order valence-corrected chi connectivity index (χ0v) is 13.1. The van der Waals surface area contributed by atoms with Crippen molar-refractivity contribution in [1.29, 1.82) is 0 Å². The first kappa shape index (κ1) is 17.0. The number of urea groups is 1. The molecule has 1 aromatic heterocycles. The molecule has 1 aromatic rings. The first-order valence-electron chi connectivity index (χ1n) is 6.79. The monoisotopic (exact) mass is 297 g/mol. The lowest BCUT2D eigenvalue weighted by molar-refractivity contribution is -0.138. The van der Waals surface area contributed by atoms with Gasteiger partial charge in [-0.1, -0.05) is 25.9 Å². The number of rotatable bonds is 5. The van der Waals surface area contributed by atoms with Gasteiger partial charge in [-0.25, -0.2) is 4.79 Å². The van der Waals surface area contributed by atoms with Crippen LogP contribution in [0.15, 0.2) is 4.52 Å². The summed E-state index contributed by atoms with van der Waals surface area (Å²) in [5, 5.41) is 18.1. The van der Waals surface area contributed by atoms with Crippen molar-refractivity contribution in [3.05, 3.63) is 17.0 Å². The minimum absolute atomic E-state index is 0.123. The van der Waals surface area contributed by atoms with Gasteiger partial charge in [0.1, 0.15) is 5.76 Å². The standard InChI is InChI=1S/C14H23N3O4/c1-8-10(9(2)21-17-8)7-15-13(20)16-11(6-12(18)19)14(3,4)5/h11H,6-7H2,1-5H3,(H,18,19)(H2,15,16,20). The van der Waals surface area contributed by atoms with E-state index in [0.29, 0.717) is 5.76 Å². The van der Waals surface area contributed by atoms with Crippen molar-refractivity contribution in [2.24, 2.45) is 5.41 Å². The highest BCUT2D eigenvalue weighted by molar-refractivity contribution is 5.76. The molecule has 21 heavy (non-hydrogen) atoms. The number of hydrogen-bond acceptors (Lipinski definition) is 4. The number of nitrogens with zero attached hydrogens (tertiary/aromatic N) is 1. The summed E-state index contributed by atoms with van der Waals surface area (Å²) in [5.74, 6) is -0.286. The molecule has 0 aromatic carbocycles. The first-order chi connectivity index (χ1) is 9.61. The summed E-state index contributed by atoms with van der Waals surface area (Å²) >= 11 is 0. The Morgan fingerprint density at radius 3 is 2.38 bits per heavy atom. The zero-order valence-electron chi connectivity index (χ0n) is 13.1. The number of nitrogens with one attached hydrogen (secondary N) is 2. The van der Waals surface area contributed by atoms with Crippen LogP contribution in [0.4, 0.5) is 4.79 Å². The van der Waals surface area contributed by atoms with Crippen LogP contribution in [0.1, 0.15) is 44.2 Å². The van der Waals surface area contributed by atoms with Crippen LogP contribution in [0.3, 0.4) is 0 Å². The molecule has 0 aliphatic rings. The van der Waals surface area contributed by atoms with E-state index in [1.807, 2.05) is 20.8 Å². The van der Waals surface area contributed by atoms with Crippen molar-refractivity contribution >= 4 is 12.0 Å². The Labute approximate surface area is 124 Å². The highest BCUT2D eigenvalue weighted by Gasteiger charge is 2.28. The lowest BCUT2D eigenvalue weighted by Gasteiger charge is -2.30. The molecule has 0 spiro atoms. The third-order valence-corrected chi connectivity index (χ3v) is 3.34. The van der Waals surface area contributed by atoms with Gasteiger partial charge in [0.25, 0.3) is 0 Å². The zero-order chi connectivity index (χ0) is 16.2. The van der Waals surface area contributed by atoms with E-state index in [1.165, 1.54) is 0 Å². The lowest BCUT2D eigenvalue weighted by atomic mass is 9.85. The maximum absolute atomic E-state index is 11.9. The Kier molecular flexibility index (Phi) is 5.34. The highest BCUT2D eigenvalue weighted by atomic mass is 16.5. The Bertz CT molecular complexity index is 497. The van der Waals surface area contributed by atoms with Crippen LogP contribution in [0.25, 0.3) is 0 Å². The fourth-order valence-electron chi connectivity index (χ4n) is 1.88. The average Bonchev–Trinajstić information content (AvgIpc) is 2.64. The second-order valence-electron chi connectivity index (χ2n) is 6.15. The van der Waals surface area contributed by atoms with Crippen LogP contribution in [-0.4, -0.2) is 28.3 Å². The van der Waals surface area contributed by atoms with Crippen LogP contribution in [0, 0.1) is 19.3 Å². The average molecular weight is 297 g/mol. The molecule has 3 N–H and O–H groups in total. The van der Waals surface area contributed by atoms with Gasteiger partial charge in [0.15, 0.2) is 0 Å².